The minimum Gasteiger partial charge on any atom is -0.497 e. The van der Waals surface area contributed by atoms with Crippen LogP contribution in [0.5, 0.6) is 11.5 Å². The number of hydrogen-bond donors (Lipinski definition) is 2. The molecular formula is C26H33NO4. The number of hydrogen-bond acceptors (Lipinski definition) is 5. The molecule has 5 rings (SSSR count). The zero-order valence-corrected chi connectivity index (χ0v) is 18.3. The monoisotopic (exact) mass is 423 g/mol. The van der Waals surface area contributed by atoms with Crippen LogP contribution in [0.25, 0.3) is 0 Å². The van der Waals surface area contributed by atoms with Gasteiger partial charge >= 0.3 is 0 Å². The highest BCUT2D eigenvalue weighted by Gasteiger charge is 2.43. The molecule has 2 aliphatic heterocycles. The number of fused-ring (bicyclic) bond motifs is 2. The summed E-state index contributed by atoms with van der Waals surface area (Å²) >= 11 is 0. The zero-order valence-electron chi connectivity index (χ0n) is 18.3. The van der Waals surface area contributed by atoms with Gasteiger partial charge in [-0.3, -0.25) is 0 Å². The van der Waals surface area contributed by atoms with Crippen molar-refractivity contribution < 1.29 is 19.7 Å². The number of likely N-dealkylation sites (tertiary alicyclic amines) is 1. The third kappa shape index (κ3) is 4.19. The van der Waals surface area contributed by atoms with Crippen LogP contribution in [-0.2, 0) is 12.8 Å². The Bertz CT molecular complexity index is 935. The molecule has 0 bridgehead atoms. The van der Waals surface area contributed by atoms with Crippen molar-refractivity contribution in [2.45, 2.75) is 62.8 Å². The van der Waals surface area contributed by atoms with Crippen molar-refractivity contribution in [3.8, 4) is 11.5 Å². The Morgan fingerprint density at radius 2 is 1.87 bits per heavy atom. The first-order chi connectivity index (χ1) is 15.0. The molecule has 3 aliphatic rings. The van der Waals surface area contributed by atoms with E-state index in [2.05, 4.69) is 23.1 Å². The maximum Gasteiger partial charge on any atom is 0.126 e. The molecule has 2 atom stereocenters. The Hall–Kier alpha value is -2.08. The summed E-state index contributed by atoms with van der Waals surface area (Å²) < 4.78 is 11.7. The minimum absolute atomic E-state index is 0.325. The van der Waals surface area contributed by atoms with Crippen LogP contribution in [0, 0.1) is 0 Å². The molecule has 0 aromatic heterocycles. The molecule has 1 saturated heterocycles. The average molecular weight is 424 g/mol. The second-order valence-electron chi connectivity index (χ2n) is 9.46. The van der Waals surface area contributed by atoms with E-state index in [0.29, 0.717) is 13.0 Å². The zero-order chi connectivity index (χ0) is 21.4. The molecule has 2 unspecified atom stereocenters. The fraction of sp³-hybridized carbons (Fsp3) is 0.538. The van der Waals surface area contributed by atoms with E-state index >= 15 is 0 Å². The van der Waals surface area contributed by atoms with Crippen molar-refractivity contribution in [3.63, 3.8) is 0 Å². The van der Waals surface area contributed by atoms with Crippen LogP contribution in [0.4, 0.5) is 0 Å². The average Bonchev–Trinajstić information content (AvgIpc) is 2.80. The summed E-state index contributed by atoms with van der Waals surface area (Å²) in [6.07, 6.45) is 6.14. The van der Waals surface area contributed by atoms with Gasteiger partial charge in [-0.2, -0.15) is 0 Å². The number of methoxy groups -OCH3 is 1. The van der Waals surface area contributed by atoms with E-state index in [1.54, 1.807) is 7.11 Å². The van der Waals surface area contributed by atoms with Crippen LogP contribution in [0.15, 0.2) is 36.4 Å². The highest BCUT2D eigenvalue weighted by atomic mass is 16.5. The number of piperidine rings is 1. The van der Waals surface area contributed by atoms with Gasteiger partial charge in [-0.15, -0.1) is 0 Å². The van der Waals surface area contributed by atoms with Gasteiger partial charge in [0, 0.05) is 31.6 Å². The summed E-state index contributed by atoms with van der Waals surface area (Å²) in [6, 6.07) is 12.2. The number of β-amino-alcohol motifs (C(OH)–C–C–N with tert-alkyl or cyclic N) is 1. The van der Waals surface area contributed by atoms with Gasteiger partial charge < -0.3 is 24.6 Å². The predicted octanol–water partition coefficient (Wildman–Crippen LogP) is 3.96. The Morgan fingerprint density at radius 3 is 2.65 bits per heavy atom. The number of aliphatic hydroxyl groups is 2. The number of rotatable bonds is 4. The molecule has 1 aliphatic carbocycles. The quantitative estimate of drug-likeness (QED) is 0.780. The van der Waals surface area contributed by atoms with Crippen molar-refractivity contribution in [2.24, 2.45) is 0 Å². The van der Waals surface area contributed by atoms with Crippen molar-refractivity contribution in [1.29, 1.82) is 0 Å². The van der Waals surface area contributed by atoms with Crippen molar-refractivity contribution in [2.75, 3.05) is 26.7 Å². The third-order valence-electron chi connectivity index (χ3n) is 7.42. The van der Waals surface area contributed by atoms with E-state index in [1.807, 2.05) is 18.2 Å². The van der Waals surface area contributed by atoms with E-state index < -0.39 is 12.2 Å². The third-order valence-corrected chi connectivity index (χ3v) is 7.42. The molecule has 2 aromatic carbocycles. The number of aryl methyl sites for hydroxylation is 2. The van der Waals surface area contributed by atoms with Crippen LogP contribution in [0.1, 0.15) is 66.6 Å². The van der Waals surface area contributed by atoms with Crippen LogP contribution >= 0.6 is 0 Å². The molecule has 31 heavy (non-hydrogen) atoms. The van der Waals surface area contributed by atoms with Crippen LogP contribution in [0.2, 0.25) is 0 Å². The first kappa shape index (κ1) is 20.8. The van der Waals surface area contributed by atoms with Gasteiger partial charge in [0.1, 0.15) is 17.1 Å². The first-order valence-corrected chi connectivity index (χ1v) is 11.6. The van der Waals surface area contributed by atoms with E-state index in [9.17, 15) is 10.2 Å². The number of benzene rings is 2. The fourth-order valence-electron chi connectivity index (χ4n) is 5.50. The van der Waals surface area contributed by atoms with Crippen LogP contribution in [-0.4, -0.2) is 47.5 Å². The molecule has 166 valence electrons. The minimum atomic E-state index is -0.536. The molecule has 1 fully saturated rings. The normalized spacial score (nSPS) is 23.5. The molecule has 0 radical (unpaired) electrons. The second-order valence-corrected chi connectivity index (χ2v) is 9.46. The molecule has 5 nitrogen and oxygen atoms in total. The largest absolute Gasteiger partial charge is 0.497 e. The summed E-state index contributed by atoms with van der Waals surface area (Å²) in [7, 11) is 1.63. The lowest BCUT2D eigenvalue weighted by molar-refractivity contribution is -0.0588. The smallest absolute Gasteiger partial charge is 0.126 e. The van der Waals surface area contributed by atoms with Crippen LogP contribution in [0.3, 0.4) is 0 Å². The van der Waals surface area contributed by atoms with Gasteiger partial charge in [0.15, 0.2) is 0 Å². The molecule has 0 amide bonds. The molecule has 2 heterocycles. The SMILES string of the molecule is COc1ccc2c(c1)C(O)CC1(CCN(CC(O)c3ccc4c(c3)CCCC4)CC1)O2. The molecule has 0 saturated carbocycles. The lowest BCUT2D eigenvalue weighted by atomic mass is 9.81. The van der Waals surface area contributed by atoms with Gasteiger partial charge in [0.2, 0.25) is 0 Å². The Kier molecular flexibility index (Phi) is 5.67. The standard InChI is InChI=1S/C26H33NO4/c1-30-21-8-9-25-22(15-21)23(28)16-26(31-25)10-12-27(13-11-26)17-24(29)20-7-6-18-4-2-3-5-19(18)14-20/h6-9,14-15,23-24,28-29H,2-5,10-13,16-17H2,1H3. The predicted molar refractivity (Wildman–Crippen MR) is 120 cm³/mol. The number of aliphatic hydroxyl groups excluding tert-OH is 2. The van der Waals surface area contributed by atoms with E-state index in [0.717, 1.165) is 55.0 Å². The number of nitrogens with zero attached hydrogens (tertiary/aromatic N) is 1. The van der Waals surface area contributed by atoms with Gasteiger partial charge in [-0.25, -0.2) is 0 Å². The lowest BCUT2D eigenvalue weighted by Crippen LogP contribution is -2.51. The summed E-state index contributed by atoms with van der Waals surface area (Å²) in [6.45, 7) is 2.37. The second kappa shape index (κ2) is 8.45. The molecule has 5 heteroatoms. The topological polar surface area (TPSA) is 62.2 Å². The lowest BCUT2D eigenvalue weighted by Gasteiger charge is -2.46. The highest BCUT2D eigenvalue weighted by Crippen LogP contribution is 2.45. The maximum atomic E-state index is 10.9. The Labute approximate surface area is 184 Å². The summed E-state index contributed by atoms with van der Waals surface area (Å²) in [5.74, 6) is 1.51. The first-order valence-electron chi connectivity index (χ1n) is 11.6. The maximum absolute atomic E-state index is 10.9. The van der Waals surface area contributed by atoms with E-state index in [4.69, 9.17) is 9.47 Å². The Morgan fingerprint density at radius 1 is 1.10 bits per heavy atom. The van der Waals surface area contributed by atoms with Gasteiger partial charge in [-0.1, -0.05) is 18.2 Å². The molecule has 1 spiro atoms. The van der Waals surface area contributed by atoms with Crippen molar-refractivity contribution in [3.05, 3.63) is 58.7 Å². The molecule has 2 aromatic rings. The molecular weight excluding hydrogens is 390 g/mol. The van der Waals surface area contributed by atoms with Gasteiger partial charge in [0.25, 0.3) is 0 Å². The van der Waals surface area contributed by atoms with Crippen LogP contribution < -0.4 is 9.47 Å². The van der Waals surface area contributed by atoms with Gasteiger partial charge in [0.05, 0.1) is 19.3 Å². The molecule has 2 N–H and O–H groups in total. The summed E-state index contributed by atoms with van der Waals surface area (Å²) in [4.78, 5) is 2.33. The van der Waals surface area contributed by atoms with Crippen molar-refractivity contribution >= 4 is 0 Å². The Balaban J connectivity index is 1.21. The highest BCUT2D eigenvalue weighted by molar-refractivity contribution is 5.44. The fourth-order valence-corrected chi connectivity index (χ4v) is 5.50. The summed E-state index contributed by atoms with van der Waals surface area (Å²) in [5, 5.41) is 21.6. The van der Waals surface area contributed by atoms with E-state index in [-0.39, 0.29) is 5.60 Å². The number of ether oxygens (including phenoxy) is 2. The van der Waals surface area contributed by atoms with E-state index in [1.165, 1.54) is 30.4 Å². The summed E-state index contributed by atoms with van der Waals surface area (Å²) in [5.41, 5.74) is 4.39. The van der Waals surface area contributed by atoms with Crippen molar-refractivity contribution in [1.82, 2.24) is 4.90 Å². The van der Waals surface area contributed by atoms with Gasteiger partial charge in [-0.05, 0) is 73.4 Å².